The first-order valence-electron chi connectivity index (χ1n) is 22.1. The van der Waals surface area contributed by atoms with Crippen molar-refractivity contribution in [2.24, 2.45) is 11.5 Å². The van der Waals surface area contributed by atoms with Crippen LogP contribution in [0.25, 0.3) is 0 Å². The van der Waals surface area contributed by atoms with E-state index in [4.69, 9.17) is 35.7 Å². The highest BCUT2D eigenvalue weighted by Crippen LogP contribution is 2.43. The van der Waals surface area contributed by atoms with Crippen molar-refractivity contribution >= 4 is 43.5 Å². The maximum Gasteiger partial charge on any atom is 0.472 e. The van der Waals surface area contributed by atoms with Gasteiger partial charge in [-0.25, -0.2) is 4.57 Å². The molecule has 0 aromatic carbocycles. The van der Waals surface area contributed by atoms with Crippen LogP contribution in [-0.4, -0.2) is 99.2 Å². The van der Waals surface area contributed by atoms with Crippen molar-refractivity contribution in [1.82, 2.24) is 0 Å². The van der Waals surface area contributed by atoms with Gasteiger partial charge in [-0.1, -0.05) is 146 Å². The Morgan fingerprint density at radius 1 is 0.689 bits per heavy atom. The normalized spacial score (nSPS) is 15.6. The predicted molar refractivity (Wildman–Crippen MR) is 241 cm³/mol. The monoisotopic (exact) mass is 904 g/mol. The summed E-state index contributed by atoms with van der Waals surface area (Å²) in [5.41, 5.74) is 11.5. The maximum absolute atomic E-state index is 13.1. The summed E-state index contributed by atoms with van der Waals surface area (Å²) in [6.45, 7) is 2.24. The van der Waals surface area contributed by atoms with E-state index in [0.29, 0.717) is 6.42 Å². The first-order chi connectivity index (χ1) is 29.2. The van der Waals surface area contributed by atoms with Gasteiger partial charge in [0.2, 0.25) is 0 Å². The van der Waals surface area contributed by atoms with Crippen LogP contribution >= 0.6 is 19.6 Å². The topological polar surface area (TPSA) is 255 Å². The van der Waals surface area contributed by atoms with Crippen molar-refractivity contribution in [3.8, 4) is 0 Å². The molecule has 15 nitrogen and oxygen atoms in total. The molecule has 1 unspecified atom stereocenters. The number of hydrogen-bond donors (Lipinski definition) is 6. The van der Waals surface area contributed by atoms with E-state index in [1.54, 1.807) is 18.2 Å². The molecule has 0 aliphatic carbocycles. The van der Waals surface area contributed by atoms with Crippen molar-refractivity contribution in [3.63, 3.8) is 0 Å². The minimum atomic E-state index is -4.87. The number of phosphoric ester groups is 1. The van der Waals surface area contributed by atoms with Gasteiger partial charge in [-0.3, -0.25) is 28.2 Å². The van der Waals surface area contributed by atoms with E-state index in [1.807, 2.05) is 18.2 Å². The highest BCUT2D eigenvalue weighted by atomic mass is 32.2. The second-order valence-corrected chi connectivity index (χ2v) is 17.7. The van der Waals surface area contributed by atoms with E-state index < -0.39 is 81.1 Å². The molecule has 0 radical (unpaired) electrons. The molecule has 17 heteroatoms. The first kappa shape index (κ1) is 58.2. The number of ether oxygens (including phenoxy) is 2. The predicted octanol–water partition coefficient (Wildman–Crippen LogP) is 8.32. The molecular formula is C44H77N2O13PS. The van der Waals surface area contributed by atoms with E-state index >= 15 is 0 Å². The molecule has 0 saturated carbocycles. The Bertz CT molecular complexity index is 1350. The molecule has 0 heterocycles. The van der Waals surface area contributed by atoms with Crippen LogP contribution in [0.5, 0.6) is 0 Å². The van der Waals surface area contributed by atoms with Gasteiger partial charge >= 0.3 is 31.7 Å². The minimum absolute atomic E-state index is 0.0426. The summed E-state index contributed by atoms with van der Waals surface area (Å²) in [5, 5.41) is 28.3. The Morgan fingerprint density at radius 2 is 1.28 bits per heavy atom. The third-order valence-corrected chi connectivity index (χ3v) is 11.7. The number of nitrogens with two attached hydrogens (primary N) is 2. The van der Waals surface area contributed by atoms with Gasteiger partial charge in [0.1, 0.15) is 18.7 Å². The molecule has 0 spiro atoms. The number of carbonyl (C=O) groups excluding carboxylic acids is 2. The number of carbonyl (C=O) groups is 4. The van der Waals surface area contributed by atoms with E-state index in [9.17, 15) is 33.7 Å². The smallest absolute Gasteiger partial charge is 0.472 e. The summed E-state index contributed by atoms with van der Waals surface area (Å²) in [4.78, 5) is 57.8. The van der Waals surface area contributed by atoms with Crippen molar-refractivity contribution in [2.75, 3.05) is 25.6 Å². The Kier molecular flexibility index (Phi) is 37.0. The highest BCUT2D eigenvalue weighted by Gasteiger charge is 2.30. The quantitative estimate of drug-likeness (QED) is 0.0111. The summed E-state index contributed by atoms with van der Waals surface area (Å²) >= 11 is 1.15. The Labute approximate surface area is 368 Å². The number of thioether (sulfide) groups is 1. The molecular weight excluding hydrogens is 828 g/mol. The number of phosphoric acid groups is 1. The molecule has 0 aliphatic heterocycles. The molecule has 0 rings (SSSR count). The zero-order chi connectivity index (χ0) is 45.6. The van der Waals surface area contributed by atoms with Gasteiger partial charge in [-0.15, -0.1) is 11.8 Å². The standard InChI is InChI=1S/C44H77N2O13PS/c1-3-5-7-9-11-13-15-17-19-21-23-25-29-40(39(47)28-27-30-41(48)49)61-35-38(46)44(53)59-36(33-57-60(54,55)58-34-37(45)43(51)52)32-56-42(50)31-26-24-22-20-18-16-14-12-10-8-6-4-2/h11,13,17,19,21,23,25,29,36-40,47H,3-10,12,14-16,18,20,22,24,26-28,30-35,45-46H2,1-2H3,(H,48,49)(H,51,52)(H,54,55)/b13-11-,19-17-,23-21+,29-25+/t36-,37+,38+,39+,40-/m1/s1. The molecule has 8 N–H and O–H groups in total. The number of carboxylic acid groups (broad SMARTS) is 2. The van der Waals surface area contributed by atoms with Crippen LogP contribution in [0.15, 0.2) is 48.6 Å². The van der Waals surface area contributed by atoms with Gasteiger partial charge in [0.05, 0.1) is 19.3 Å². The zero-order valence-corrected chi connectivity index (χ0v) is 38.4. The largest absolute Gasteiger partial charge is 0.481 e. The second-order valence-electron chi connectivity index (χ2n) is 15.0. The van der Waals surface area contributed by atoms with Crippen molar-refractivity contribution < 1.29 is 62.5 Å². The van der Waals surface area contributed by atoms with Crippen LogP contribution in [0.3, 0.4) is 0 Å². The zero-order valence-electron chi connectivity index (χ0n) is 36.7. The van der Waals surface area contributed by atoms with Gasteiger partial charge in [-0.05, 0) is 38.5 Å². The lowest BCUT2D eigenvalue weighted by Gasteiger charge is -2.23. The summed E-state index contributed by atoms with van der Waals surface area (Å²) in [6.07, 6.45) is 32.4. The number of aliphatic hydroxyl groups excluding tert-OH is 1. The summed E-state index contributed by atoms with van der Waals surface area (Å²) in [5.74, 6) is -4.01. The maximum atomic E-state index is 13.1. The van der Waals surface area contributed by atoms with Crippen molar-refractivity contribution in [3.05, 3.63) is 48.6 Å². The third-order valence-electron chi connectivity index (χ3n) is 9.33. The Morgan fingerprint density at radius 3 is 1.90 bits per heavy atom. The van der Waals surface area contributed by atoms with Crippen LogP contribution in [0.4, 0.5) is 0 Å². The number of aliphatic carboxylic acids is 2. The van der Waals surface area contributed by atoms with E-state index in [2.05, 4.69) is 30.5 Å². The van der Waals surface area contributed by atoms with Crippen LogP contribution < -0.4 is 11.5 Å². The molecule has 0 aliphatic rings. The second kappa shape index (κ2) is 38.8. The number of esters is 2. The Balaban J connectivity index is 5.34. The molecule has 0 aromatic rings. The average Bonchev–Trinajstić information content (AvgIpc) is 3.22. The summed E-state index contributed by atoms with van der Waals surface area (Å²) in [7, 11) is -4.87. The molecule has 0 saturated heterocycles. The number of carboxylic acids is 2. The molecule has 0 amide bonds. The lowest BCUT2D eigenvalue weighted by Crippen LogP contribution is -2.40. The average molecular weight is 905 g/mol. The van der Waals surface area contributed by atoms with Gasteiger partial charge in [0.25, 0.3) is 0 Å². The van der Waals surface area contributed by atoms with E-state index in [-0.39, 0.29) is 31.4 Å². The molecule has 6 atom stereocenters. The highest BCUT2D eigenvalue weighted by molar-refractivity contribution is 8.00. The fraction of sp³-hybridized carbons (Fsp3) is 0.727. The number of unbranched alkanes of at least 4 members (excludes halogenated alkanes) is 14. The fourth-order valence-corrected chi connectivity index (χ4v) is 7.57. The Hall–Kier alpha value is -2.82. The molecule has 0 aromatic heterocycles. The molecule has 61 heavy (non-hydrogen) atoms. The minimum Gasteiger partial charge on any atom is -0.481 e. The lowest BCUT2D eigenvalue weighted by atomic mass is 10.0. The number of rotatable bonds is 41. The summed E-state index contributed by atoms with van der Waals surface area (Å²) < 4.78 is 32.8. The van der Waals surface area contributed by atoms with Crippen LogP contribution in [0.1, 0.15) is 149 Å². The van der Waals surface area contributed by atoms with Crippen LogP contribution in [0, 0.1) is 0 Å². The fourth-order valence-electron chi connectivity index (χ4n) is 5.66. The van der Waals surface area contributed by atoms with Crippen molar-refractivity contribution in [1.29, 1.82) is 0 Å². The number of allylic oxidation sites excluding steroid dienone is 7. The van der Waals surface area contributed by atoms with Gasteiger partial charge < -0.3 is 41.2 Å². The van der Waals surface area contributed by atoms with E-state index in [1.165, 1.54) is 64.2 Å². The van der Waals surface area contributed by atoms with Gasteiger partial charge in [0.15, 0.2) is 6.10 Å². The molecule has 352 valence electrons. The third kappa shape index (κ3) is 36.4. The van der Waals surface area contributed by atoms with Crippen LogP contribution in [-0.2, 0) is 42.3 Å². The SMILES string of the molecule is CCCCC/C=C\C\C=C/C=C/C=C/[C@@H](SC[C@H](N)C(=O)O[C@H](COC(=O)CCCCCCCCCCCCCC)COP(=O)(O)OC[C@H](N)C(=O)O)[C@@H](O)CCCC(=O)O. The molecule has 0 bridgehead atoms. The molecule has 0 fully saturated rings. The van der Waals surface area contributed by atoms with Gasteiger partial charge in [0, 0.05) is 23.8 Å². The number of hydrogen-bond acceptors (Lipinski definition) is 13. The first-order valence-corrected chi connectivity index (χ1v) is 24.6. The summed E-state index contributed by atoms with van der Waals surface area (Å²) in [6, 6.07) is -2.86. The van der Waals surface area contributed by atoms with Gasteiger partial charge in [-0.2, -0.15) is 0 Å². The van der Waals surface area contributed by atoms with Crippen LogP contribution in [0.2, 0.25) is 0 Å². The lowest BCUT2D eigenvalue weighted by molar-refractivity contribution is -0.161. The van der Waals surface area contributed by atoms with Crippen molar-refractivity contribution in [2.45, 2.75) is 178 Å². The van der Waals surface area contributed by atoms with E-state index in [0.717, 1.165) is 50.3 Å². The number of aliphatic hydroxyl groups is 1.